The lowest BCUT2D eigenvalue weighted by Gasteiger charge is -2.38. The number of carbonyl (C=O) groups excluding carboxylic acids is 2. The minimum absolute atomic E-state index is 0.0169. The van der Waals surface area contributed by atoms with Gasteiger partial charge < -0.3 is 9.64 Å². The number of aliphatic imine (C=N–C) groups is 1. The number of nitrogens with zero attached hydrogens (tertiary/aromatic N) is 2. The van der Waals surface area contributed by atoms with Crippen LogP contribution in [0.25, 0.3) is 0 Å². The van der Waals surface area contributed by atoms with E-state index in [-0.39, 0.29) is 18.2 Å². The fraction of sp³-hybridized carbons (Fsp3) is 0.375. The van der Waals surface area contributed by atoms with Crippen molar-refractivity contribution in [2.45, 2.75) is 44.7 Å². The molecule has 1 amide bonds. The second-order valence-electron chi connectivity index (χ2n) is 8.01. The van der Waals surface area contributed by atoms with E-state index in [4.69, 9.17) is 21.3 Å². The van der Waals surface area contributed by atoms with Gasteiger partial charge in [0.25, 0.3) is 5.91 Å². The molecule has 30 heavy (non-hydrogen) atoms. The Bertz CT molecular complexity index is 1010. The molecule has 1 aliphatic heterocycles. The van der Waals surface area contributed by atoms with Gasteiger partial charge in [0.05, 0.1) is 13.7 Å². The monoisotopic (exact) mass is 424 g/mol. The Kier molecular flexibility index (Phi) is 5.65. The van der Waals surface area contributed by atoms with Crippen molar-refractivity contribution < 1.29 is 14.3 Å². The number of hydrogen-bond donors (Lipinski definition) is 0. The summed E-state index contributed by atoms with van der Waals surface area (Å²) in [6.07, 6.45) is 4.69. The summed E-state index contributed by atoms with van der Waals surface area (Å²) in [4.78, 5) is 33.1. The van der Waals surface area contributed by atoms with E-state index in [9.17, 15) is 9.59 Å². The van der Waals surface area contributed by atoms with E-state index in [0.717, 1.165) is 49.0 Å². The highest BCUT2D eigenvalue weighted by Crippen LogP contribution is 2.40. The maximum absolute atomic E-state index is 13.4. The zero-order valence-corrected chi connectivity index (χ0v) is 18.0. The molecule has 0 bridgehead atoms. The second kappa shape index (κ2) is 8.23. The number of rotatable bonds is 5. The van der Waals surface area contributed by atoms with Crippen molar-refractivity contribution in [1.82, 2.24) is 4.90 Å². The molecule has 0 N–H and O–H groups in total. The lowest BCUT2D eigenvalue weighted by Crippen LogP contribution is -2.50. The Hall–Kier alpha value is -2.66. The lowest BCUT2D eigenvalue weighted by molar-refractivity contribution is -0.128. The molecule has 0 aromatic heterocycles. The zero-order valence-electron chi connectivity index (χ0n) is 17.3. The van der Waals surface area contributed by atoms with E-state index in [1.807, 2.05) is 31.2 Å². The predicted molar refractivity (Wildman–Crippen MR) is 118 cm³/mol. The molecule has 156 valence electrons. The standard InChI is InChI=1S/C24H25ClN2O3/c1-16-14-18(8-11-20(16)25)21(28)15-27-23(29)22(17-6-9-19(30-2)10-7-17)26-24(27)12-4-3-5-13-24/h6-11,14H,3-5,12-13,15H2,1-2H3. The molecule has 1 saturated carbocycles. The predicted octanol–water partition coefficient (Wildman–Crippen LogP) is 4.83. The number of amides is 1. The first-order valence-corrected chi connectivity index (χ1v) is 10.7. The van der Waals surface area contributed by atoms with Gasteiger partial charge in [-0.25, -0.2) is 0 Å². The van der Waals surface area contributed by atoms with Gasteiger partial charge in [0.15, 0.2) is 5.78 Å². The van der Waals surface area contributed by atoms with Crippen LogP contribution in [0.4, 0.5) is 0 Å². The number of hydrogen-bond acceptors (Lipinski definition) is 4. The Labute approximate surface area is 181 Å². The molecule has 0 radical (unpaired) electrons. The van der Waals surface area contributed by atoms with Crippen LogP contribution in [0.2, 0.25) is 5.02 Å². The Morgan fingerprint density at radius 3 is 2.47 bits per heavy atom. The molecule has 5 nitrogen and oxygen atoms in total. The SMILES string of the molecule is COc1ccc(C2=NC3(CCCCC3)N(CC(=O)c3ccc(Cl)c(C)c3)C2=O)cc1. The van der Waals surface area contributed by atoms with Gasteiger partial charge in [-0.3, -0.25) is 14.6 Å². The van der Waals surface area contributed by atoms with E-state index in [0.29, 0.717) is 16.3 Å². The van der Waals surface area contributed by atoms with E-state index in [2.05, 4.69) is 0 Å². The van der Waals surface area contributed by atoms with Crippen LogP contribution in [0.15, 0.2) is 47.5 Å². The molecule has 1 spiro atoms. The molecule has 0 saturated heterocycles. The van der Waals surface area contributed by atoms with Gasteiger partial charge in [-0.05, 0) is 80.6 Å². The molecule has 4 rings (SSSR count). The Balaban J connectivity index is 1.65. The first-order valence-electron chi connectivity index (χ1n) is 10.3. The van der Waals surface area contributed by atoms with E-state index >= 15 is 0 Å². The number of ether oxygens (including phenoxy) is 1. The average molecular weight is 425 g/mol. The van der Waals surface area contributed by atoms with Crippen LogP contribution in [0.1, 0.15) is 53.6 Å². The summed E-state index contributed by atoms with van der Waals surface area (Å²) in [7, 11) is 1.61. The number of benzene rings is 2. The summed E-state index contributed by atoms with van der Waals surface area (Å²) in [5, 5.41) is 0.623. The first-order chi connectivity index (χ1) is 14.4. The molecule has 0 atom stereocenters. The summed E-state index contributed by atoms with van der Waals surface area (Å²) >= 11 is 6.10. The van der Waals surface area contributed by atoms with Crippen LogP contribution >= 0.6 is 11.6 Å². The molecule has 1 aliphatic carbocycles. The number of Topliss-reactive ketones (excluding diaryl/α,β-unsaturated/α-hetero) is 1. The van der Waals surface area contributed by atoms with Crippen molar-refractivity contribution >= 4 is 29.0 Å². The van der Waals surface area contributed by atoms with Gasteiger partial charge in [-0.2, -0.15) is 0 Å². The number of halogens is 1. The number of methoxy groups -OCH3 is 1. The maximum Gasteiger partial charge on any atom is 0.275 e. The van der Waals surface area contributed by atoms with E-state index in [1.54, 1.807) is 30.2 Å². The third-order valence-electron chi connectivity index (χ3n) is 6.07. The topological polar surface area (TPSA) is 59.0 Å². The van der Waals surface area contributed by atoms with Gasteiger partial charge >= 0.3 is 0 Å². The molecule has 2 aromatic rings. The van der Waals surface area contributed by atoms with Gasteiger partial charge in [0.1, 0.15) is 17.1 Å². The third kappa shape index (κ3) is 3.74. The highest BCUT2D eigenvalue weighted by molar-refractivity contribution is 6.47. The Morgan fingerprint density at radius 1 is 1.13 bits per heavy atom. The van der Waals surface area contributed by atoms with Crippen molar-refractivity contribution in [3.8, 4) is 5.75 Å². The van der Waals surface area contributed by atoms with Crippen molar-refractivity contribution in [3.05, 3.63) is 64.2 Å². The first kappa shape index (κ1) is 20.6. The number of aryl methyl sites for hydroxylation is 1. The molecule has 1 fully saturated rings. The van der Waals surface area contributed by atoms with Gasteiger partial charge in [0, 0.05) is 16.1 Å². The third-order valence-corrected chi connectivity index (χ3v) is 6.49. The van der Waals surface area contributed by atoms with Crippen LogP contribution in [0.5, 0.6) is 5.75 Å². The van der Waals surface area contributed by atoms with Crippen LogP contribution in [-0.2, 0) is 4.79 Å². The minimum Gasteiger partial charge on any atom is -0.497 e. The molecule has 0 unspecified atom stereocenters. The minimum atomic E-state index is -0.623. The lowest BCUT2D eigenvalue weighted by atomic mass is 9.88. The Morgan fingerprint density at radius 2 is 1.83 bits per heavy atom. The quantitative estimate of drug-likeness (QED) is 0.646. The van der Waals surface area contributed by atoms with Crippen LogP contribution in [0.3, 0.4) is 0 Å². The van der Waals surface area contributed by atoms with Gasteiger partial charge in [-0.1, -0.05) is 18.0 Å². The summed E-state index contributed by atoms with van der Waals surface area (Å²) in [6.45, 7) is 1.89. The second-order valence-corrected chi connectivity index (χ2v) is 8.42. The van der Waals surface area contributed by atoms with Gasteiger partial charge in [-0.15, -0.1) is 0 Å². The largest absolute Gasteiger partial charge is 0.497 e. The molecular formula is C24H25ClN2O3. The van der Waals surface area contributed by atoms with E-state index in [1.165, 1.54) is 0 Å². The van der Waals surface area contributed by atoms with Crippen molar-refractivity contribution in [1.29, 1.82) is 0 Å². The molecule has 2 aliphatic rings. The zero-order chi connectivity index (χ0) is 21.3. The number of ketones is 1. The molecule has 1 heterocycles. The summed E-state index contributed by atoms with van der Waals surface area (Å²) < 4.78 is 5.22. The van der Waals surface area contributed by atoms with Crippen molar-refractivity contribution in [2.75, 3.05) is 13.7 Å². The molecule has 6 heteroatoms. The highest BCUT2D eigenvalue weighted by Gasteiger charge is 2.48. The smallest absolute Gasteiger partial charge is 0.275 e. The average Bonchev–Trinajstić information content (AvgIpc) is 3.02. The summed E-state index contributed by atoms with van der Waals surface area (Å²) in [5.74, 6) is 0.447. The highest BCUT2D eigenvalue weighted by atomic mass is 35.5. The van der Waals surface area contributed by atoms with Crippen LogP contribution in [0, 0.1) is 6.92 Å². The van der Waals surface area contributed by atoms with Crippen LogP contribution in [-0.4, -0.2) is 41.6 Å². The fourth-order valence-electron chi connectivity index (χ4n) is 4.34. The number of carbonyl (C=O) groups is 2. The normalized spacial score (nSPS) is 17.9. The summed E-state index contributed by atoms with van der Waals surface area (Å²) in [5.41, 5.74) is 1.97. The van der Waals surface area contributed by atoms with Crippen molar-refractivity contribution in [2.24, 2.45) is 4.99 Å². The maximum atomic E-state index is 13.4. The molecule has 2 aromatic carbocycles. The van der Waals surface area contributed by atoms with Gasteiger partial charge in [0.2, 0.25) is 0 Å². The van der Waals surface area contributed by atoms with E-state index < -0.39 is 5.66 Å². The molecular weight excluding hydrogens is 400 g/mol. The summed E-state index contributed by atoms with van der Waals surface area (Å²) in [6, 6.07) is 12.6. The van der Waals surface area contributed by atoms with Crippen molar-refractivity contribution in [3.63, 3.8) is 0 Å². The van der Waals surface area contributed by atoms with Crippen LogP contribution < -0.4 is 4.74 Å². The fourth-order valence-corrected chi connectivity index (χ4v) is 4.46.